The van der Waals surface area contributed by atoms with E-state index in [0.717, 1.165) is 13.1 Å². The molecule has 0 aromatic carbocycles. The highest BCUT2D eigenvalue weighted by Crippen LogP contribution is 2.36. The van der Waals surface area contributed by atoms with Gasteiger partial charge in [0.2, 0.25) is 0 Å². The van der Waals surface area contributed by atoms with Crippen molar-refractivity contribution >= 4 is 5.96 Å². The third kappa shape index (κ3) is 2.62. The van der Waals surface area contributed by atoms with E-state index < -0.39 is 0 Å². The molecule has 0 spiro atoms. The Labute approximate surface area is 93.1 Å². The molecule has 0 bridgehead atoms. The fraction of sp³-hybridized carbons (Fsp3) is 0.909. The normalized spacial score (nSPS) is 20.2. The lowest BCUT2D eigenvalue weighted by molar-refractivity contribution is 0.0428. The molecule has 1 rings (SSSR count). The fourth-order valence-corrected chi connectivity index (χ4v) is 2.14. The third-order valence-electron chi connectivity index (χ3n) is 3.48. The molecule has 4 nitrogen and oxygen atoms in total. The van der Waals surface area contributed by atoms with E-state index in [2.05, 4.69) is 28.9 Å². The molecule has 88 valence electrons. The van der Waals surface area contributed by atoms with Crippen LogP contribution >= 0.6 is 0 Å². The van der Waals surface area contributed by atoms with Crippen LogP contribution in [0.15, 0.2) is 4.99 Å². The van der Waals surface area contributed by atoms with Gasteiger partial charge in [0.1, 0.15) is 0 Å². The standard InChI is InChI=1S/C11H24N4/c1-5-13-10(12)15(4)9-11(14(2)3)7-6-8-11/h5-9H2,1-4H3,(H2,12,13). The van der Waals surface area contributed by atoms with Crippen LogP contribution in [0.3, 0.4) is 0 Å². The molecule has 0 saturated heterocycles. The molecule has 15 heavy (non-hydrogen) atoms. The van der Waals surface area contributed by atoms with Crippen LogP contribution in [0.1, 0.15) is 26.2 Å². The zero-order valence-electron chi connectivity index (χ0n) is 10.5. The van der Waals surface area contributed by atoms with Gasteiger partial charge < -0.3 is 15.5 Å². The van der Waals surface area contributed by atoms with Gasteiger partial charge >= 0.3 is 0 Å². The van der Waals surface area contributed by atoms with E-state index in [0.29, 0.717) is 11.5 Å². The lowest BCUT2D eigenvalue weighted by Crippen LogP contribution is -2.58. The lowest BCUT2D eigenvalue weighted by atomic mass is 9.75. The summed E-state index contributed by atoms with van der Waals surface area (Å²) in [5.74, 6) is 0.658. The van der Waals surface area contributed by atoms with Crippen LogP contribution < -0.4 is 5.73 Å². The molecule has 0 unspecified atom stereocenters. The highest BCUT2D eigenvalue weighted by Gasteiger charge is 2.40. The number of aliphatic imine (C=N–C) groups is 1. The maximum absolute atomic E-state index is 5.87. The molecule has 0 amide bonds. The fourth-order valence-electron chi connectivity index (χ4n) is 2.14. The van der Waals surface area contributed by atoms with Gasteiger partial charge in [0.05, 0.1) is 0 Å². The highest BCUT2D eigenvalue weighted by atomic mass is 15.3. The average molecular weight is 212 g/mol. The topological polar surface area (TPSA) is 44.9 Å². The van der Waals surface area contributed by atoms with E-state index in [1.54, 1.807) is 0 Å². The van der Waals surface area contributed by atoms with E-state index in [1.165, 1.54) is 19.3 Å². The van der Waals surface area contributed by atoms with Gasteiger partial charge in [-0.05, 0) is 40.3 Å². The molecule has 1 aliphatic carbocycles. The first-order valence-corrected chi connectivity index (χ1v) is 5.70. The van der Waals surface area contributed by atoms with Crippen molar-refractivity contribution in [3.8, 4) is 0 Å². The average Bonchev–Trinajstić information content (AvgIpc) is 2.10. The number of rotatable bonds is 4. The second kappa shape index (κ2) is 4.84. The second-order valence-corrected chi connectivity index (χ2v) is 4.66. The zero-order chi connectivity index (χ0) is 11.5. The van der Waals surface area contributed by atoms with E-state index in [-0.39, 0.29) is 0 Å². The summed E-state index contributed by atoms with van der Waals surface area (Å²) in [6, 6.07) is 0. The molecule has 0 atom stereocenters. The summed E-state index contributed by atoms with van der Waals surface area (Å²) < 4.78 is 0. The van der Waals surface area contributed by atoms with Crippen molar-refractivity contribution in [3.05, 3.63) is 0 Å². The molecule has 2 N–H and O–H groups in total. The summed E-state index contributed by atoms with van der Waals surface area (Å²) in [6.07, 6.45) is 3.87. The molecule has 0 aliphatic heterocycles. The van der Waals surface area contributed by atoms with Crippen molar-refractivity contribution in [1.29, 1.82) is 0 Å². The van der Waals surface area contributed by atoms with Gasteiger partial charge in [-0.3, -0.25) is 4.99 Å². The Morgan fingerprint density at radius 3 is 2.27 bits per heavy atom. The largest absolute Gasteiger partial charge is 0.370 e. The number of hydrogen-bond donors (Lipinski definition) is 1. The van der Waals surface area contributed by atoms with Crippen molar-refractivity contribution in [2.24, 2.45) is 10.7 Å². The maximum Gasteiger partial charge on any atom is 0.191 e. The van der Waals surface area contributed by atoms with Crippen molar-refractivity contribution in [3.63, 3.8) is 0 Å². The Kier molecular flexibility index (Phi) is 3.97. The molecule has 0 heterocycles. The van der Waals surface area contributed by atoms with Crippen molar-refractivity contribution in [1.82, 2.24) is 9.80 Å². The zero-order valence-corrected chi connectivity index (χ0v) is 10.5. The smallest absolute Gasteiger partial charge is 0.191 e. The van der Waals surface area contributed by atoms with Gasteiger partial charge in [-0.15, -0.1) is 0 Å². The minimum absolute atomic E-state index is 0.322. The van der Waals surface area contributed by atoms with Crippen molar-refractivity contribution in [2.75, 3.05) is 34.2 Å². The van der Waals surface area contributed by atoms with E-state index in [9.17, 15) is 0 Å². The van der Waals surface area contributed by atoms with Crippen LogP contribution in [-0.4, -0.2) is 55.5 Å². The molecular formula is C11H24N4. The molecule has 0 aromatic rings. The summed E-state index contributed by atoms with van der Waals surface area (Å²) in [4.78, 5) is 8.63. The van der Waals surface area contributed by atoms with Crippen LogP contribution in [-0.2, 0) is 0 Å². The molecule has 0 aromatic heterocycles. The monoisotopic (exact) mass is 212 g/mol. The SMILES string of the molecule is CCN=C(N)N(C)CC1(N(C)C)CCC1. The number of nitrogens with two attached hydrogens (primary N) is 1. The number of nitrogens with zero attached hydrogens (tertiary/aromatic N) is 3. The molecule has 1 fully saturated rings. The Balaban J connectivity index is 2.56. The molecule has 1 saturated carbocycles. The molecular weight excluding hydrogens is 188 g/mol. The number of guanidine groups is 1. The van der Waals surface area contributed by atoms with Gasteiger partial charge in [0, 0.05) is 25.7 Å². The summed E-state index contributed by atoms with van der Waals surface area (Å²) in [5.41, 5.74) is 6.19. The van der Waals surface area contributed by atoms with Gasteiger partial charge in [-0.25, -0.2) is 0 Å². The summed E-state index contributed by atoms with van der Waals surface area (Å²) in [7, 11) is 6.33. The number of likely N-dealkylation sites (N-methyl/N-ethyl adjacent to an activating group) is 2. The lowest BCUT2D eigenvalue weighted by Gasteiger charge is -2.49. The van der Waals surface area contributed by atoms with Gasteiger partial charge in [0.25, 0.3) is 0 Å². The summed E-state index contributed by atoms with van der Waals surface area (Å²) in [5, 5.41) is 0. The Morgan fingerprint density at radius 1 is 1.33 bits per heavy atom. The van der Waals surface area contributed by atoms with Crippen LogP contribution in [0.2, 0.25) is 0 Å². The minimum atomic E-state index is 0.322. The van der Waals surface area contributed by atoms with Gasteiger partial charge in [-0.2, -0.15) is 0 Å². The highest BCUT2D eigenvalue weighted by molar-refractivity contribution is 5.77. The molecule has 4 heteroatoms. The van der Waals surface area contributed by atoms with E-state index in [1.807, 2.05) is 14.0 Å². The first-order chi connectivity index (χ1) is 7.02. The Hall–Kier alpha value is -0.770. The maximum atomic E-state index is 5.87. The Bertz CT molecular complexity index is 231. The first-order valence-electron chi connectivity index (χ1n) is 5.70. The van der Waals surface area contributed by atoms with E-state index in [4.69, 9.17) is 5.73 Å². The Morgan fingerprint density at radius 2 is 1.93 bits per heavy atom. The van der Waals surface area contributed by atoms with Crippen LogP contribution in [0.5, 0.6) is 0 Å². The van der Waals surface area contributed by atoms with Gasteiger partial charge in [-0.1, -0.05) is 0 Å². The van der Waals surface area contributed by atoms with Crippen LogP contribution in [0, 0.1) is 0 Å². The summed E-state index contributed by atoms with van der Waals surface area (Å²) in [6.45, 7) is 3.74. The molecule has 1 aliphatic rings. The van der Waals surface area contributed by atoms with E-state index >= 15 is 0 Å². The third-order valence-corrected chi connectivity index (χ3v) is 3.48. The number of hydrogen-bond acceptors (Lipinski definition) is 2. The first kappa shape index (κ1) is 12.3. The van der Waals surface area contributed by atoms with Crippen molar-refractivity contribution in [2.45, 2.75) is 31.7 Å². The van der Waals surface area contributed by atoms with Crippen molar-refractivity contribution < 1.29 is 0 Å². The quantitative estimate of drug-likeness (QED) is 0.552. The molecule has 0 radical (unpaired) electrons. The minimum Gasteiger partial charge on any atom is -0.370 e. The van der Waals surface area contributed by atoms with Gasteiger partial charge in [0.15, 0.2) is 5.96 Å². The summed E-state index contributed by atoms with van der Waals surface area (Å²) >= 11 is 0. The second-order valence-electron chi connectivity index (χ2n) is 4.66. The van der Waals surface area contributed by atoms with Crippen LogP contribution in [0.4, 0.5) is 0 Å². The predicted molar refractivity (Wildman–Crippen MR) is 65.1 cm³/mol. The van der Waals surface area contributed by atoms with Crippen LogP contribution in [0.25, 0.3) is 0 Å². The predicted octanol–water partition coefficient (Wildman–Crippen LogP) is 0.737.